The summed E-state index contributed by atoms with van der Waals surface area (Å²) in [6.07, 6.45) is 99.5. The predicted molar refractivity (Wildman–Crippen MR) is 369 cm³/mol. The van der Waals surface area contributed by atoms with Gasteiger partial charge in [-0.3, -0.25) is 14.2 Å². The molecule has 2 unspecified atom stereocenters. The van der Waals surface area contributed by atoms with Gasteiger partial charge in [-0.15, -0.1) is 0 Å². The molecule has 0 rings (SSSR count). The number of carbonyl (C=O) groups excluding carboxylic acids is 2. The third kappa shape index (κ3) is 68.2. The van der Waals surface area contributed by atoms with Crippen molar-refractivity contribution in [1.29, 1.82) is 0 Å². The molecule has 0 heterocycles. The number of carbonyl (C=O) groups is 2. The number of allylic oxidation sites excluding steroid dienone is 30. The Morgan fingerprint density at radius 1 is 0.360 bits per heavy atom. The molecule has 0 aliphatic rings. The fourth-order valence-corrected chi connectivity index (χ4v) is 9.09. The van der Waals surface area contributed by atoms with Crippen LogP contribution in [-0.2, 0) is 32.7 Å². The maximum atomic E-state index is 12.9. The molecule has 0 aromatic heterocycles. The van der Waals surface area contributed by atoms with Crippen molar-refractivity contribution >= 4 is 19.8 Å². The van der Waals surface area contributed by atoms with Gasteiger partial charge in [0, 0.05) is 12.8 Å². The molecule has 0 spiro atoms. The van der Waals surface area contributed by atoms with E-state index in [-0.39, 0.29) is 26.1 Å². The monoisotopic (exact) mass is 1210 g/mol. The van der Waals surface area contributed by atoms with E-state index in [9.17, 15) is 19.0 Å². The van der Waals surface area contributed by atoms with Gasteiger partial charge in [-0.05, 0) is 135 Å². The lowest BCUT2D eigenvalue weighted by atomic mass is 10.1. The number of nitrogens with zero attached hydrogens (tertiary/aromatic N) is 1. The van der Waals surface area contributed by atoms with Gasteiger partial charge in [-0.2, -0.15) is 0 Å². The lowest BCUT2D eigenvalue weighted by Crippen LogP contribution is -2.37. The molecule has 0 aromatic carbocycles. The van der Waals surface area contributed by atoms with Gasteiger partial charge in [0.05, 0.1) is 27.7 Å². The van der Waals surface area contributed by atoms with Crippen LogP contribution >= 0.6 is 7.82 Å². The van der Waals surface area contributed by atoms with Crippen molar-refractivity contribution in [1.82, 2.24) is 0 Å². The molecule has 0 N–H and O–H groups in total. The number of likely N-dealkylation sites (N-methyl/N-ethyl adjacent to an activating group) is 1. The number of hydrogen-bond acceptors (Lipinski definition) is 8. The topological polar surface area (TPSA) is 111 Å². The first-order valence-electron chi connectivity index (χ1n) is 33.5. The van der Waals surface area contributed by atoms with Crippen LogP contribution in [0.15, 0.2) is 182 Å². The highest BCUT2D eigenvalue weighted by Gasteiger charge is 2.22. The molecule has 2 atom stereocenters. The Hall–Kier alpha value is -4.89. The highest BCUT2D eigenvalue weighted by molar-refractivity contribution is 7.45. The number of esters is 2. The second-order valence-corrected chi connectivity index (χ2v) is 24.1. The van der Waals surface area contributed by atoms with Gasteiger partial charge in [-0.1, -0.05) is 267 Å². The van der Waals surface area contributed by atoms with Crippen LogP contribution in [0.25, 0.3) is 0 Å². The minimum atomic E-state index is -4.66. The molecule has 0 aliphatic carbocycles. The lowest BCUT2D eigenvalue weighted by Gasteiger charge is -2.28. The second kappa shape index (κ2) is 64.6. The van der Waals surface area contributed by atoms with E-state index < -0.39 is 32.5 Å². The van der Waals surface area contributed by atoms with Gasteiger partial charge in [-0.25, -0.2) is 0 Å². The number of phosphoric ester groups is 1. The summed E-state index contributed by atoms with van der Waals surface area (Å²) in [7, 11) is 1.13. The molecule has 0 aromatic rings. The summed E-state index contributed by atoms with van der Waals surface area (Å²) in [6.45, 7) is 3.96. The van der Waals surface area contributed by atoms with Crippen LogP contribution in [0.1, 0.15) is 232 Å². The normalized spacial score (nSPS) is 14.3. The molecule has 86 heavy (non-hydrogen) atoms. The second-order valence-electron chi connectivity index (χ2n) is 22.7. The Bertz CT molecular complexity index is 2100. The van der Waals surface area contributed by atoms with E-state index in [0.717, 1.165) is 161 Å². The zero-order valence-electron chi connectivity index (χ0n) is 54.9. The van der Waals surface area contributed by atoms with Crippen molar-refractivity contribution in [3.8, 4) is 0 Å². The molecule has 0 amide bonds. The fraction of sp³-hybridized carbons (Fsp3) is 0.579. The van der Waals surface area contributed by atoms with Gasteiger partial charge in [0.25, 0.3) is 7.82 Å². The molecule has 0 saturated carbocycles. The van der Waals surface area contributed by atoms with Gasteiger partial charge >= 0.3 is 11.9 Å². The Balaban J connectivity index is 4.19. The summed E-state index contributed by atoms with van der Waals surface area (Å²) in [4.78, 5) is 38.0. The van der Waals surface area contributed by atoms with Crippen LogP contribution in [0, 0.1) is 0 Å². The molecule has 484 valence electrons. The highest BCUT2D eigenvalue weighted by atomic mass is 31.2. The van der Waals surface area contributed by atoms with Crippen LogP contribution in [0.4, 0.5) is 0 Å². The van der Waals surface area contributed by atoms with Crippen LogP contribution in [-0.4, -0.2) is 70.0 Å². The standard InChI is InChI=1S/C76H122NO8P/c1-6-8-10-12-14-16-18-20-22-24-26-28-30-32-33-34-35-36-37-38-39-40-41-42-43-45-47-49-51-53-55-57-59-61-63-65-67-69-76(79)85-74(73-84-86(80,81)83-71-70-77(3,4)5)72-82-75(78)68-66-64-62-60-58-56-54-52-50-48-46-44-31-29-27-25-23-21-19-17-15-13-11-9-7-2/h8-11,14-17,20-23,26-29,32-33,35-36,38-39,41-42,44-47,50,52,74H,6-7,12-13,18-19,24-25,30-31,34,37,40,43,48-49,51,53-73H2,1-5H3/b10-8-,11-9-,16-14-,17-15-,22-20-,23-21-,28-26-,29-27-,33-32-,36-35-,39-38-,42-41-,46-44-,47-45-,52-50-. The Labute approximate surface area is 527 Å². The zero-order valence-corrected chi connectivity index (χ0v) is 55.8. The van der Waals surface area contributed by atoms with E-state index in [0.29, 0.717) is 23.9 Å². The van der Waals surface area contributed by atoms with E-state index in [2.05, 4.69) is 196 Å². The minimum Gasteiger partial charge on any atom is -0.756 e. The minimum absolute atomic E-state index is 0.0450. The third-order valence-electron chi connectivity index (χ3n) is 13.4. The smallest absolute Gasteiger partial charge is 0.306 e. The summed E-state index contributed by atoms with van der Waals surface area (Å²) < 4.78 is 34.2. The highest BCUT2D eigenvalue weighted by Crippen LogP contribution is 2.38. The molecule has 10 heteroatoms. The summed E-state index contributed by atoms with van der Waals surface area (Å²) in [5.41, 5.74) is 0. The van der Waals surface area contributed by atoms with Crippen molar-refractivity contribution in [3.63, 3.8) is 0 Å². The van der Waals surface area contributed by atoms with Crippen molar-refractivity contribution in [3.05, 3.63) is 182 Å². The Morgan fingerprint density at radius 3 is 0.930 bits per heavy atom. The van der Waals surface area contributed by atoms with E-state index in [1.165, 1.54) is 32.1 Å². The van der Waals surface area contributed by atoms with Crippen molar-refractivity contribution < 1.29 is 42.1 Å². The SMILES string of the molecule is CC/C=C\C/C=C\C/C=C\C/C=C\C/C=C\C/C=C\C/C=C\C/C=C\C/C=C\CCCCCCCCCCCC(=O)OC(COC(=O)CCCCCCCC/C=C\C/C=C\C/C=C\C/C=C\C/C=C\C/C=C\CC)COP(=O)([O-])OCC[N+](C)(C)C. The molecular weight excluding hydrogens is 1090 g/mol. The molecule has 0 aliphatic heterocycles. The van der Waals surface area contributed by atoms with E-state index >= 15 is 0 Å². The van der Waals surface area contributed by atoms with E-state index in [4.69, 9.17) is 18.5 Å². The molecule has 0 fully saturated rings. The van der Waals surface area contributed by atoms with Gasteiger partial charge in [0.1, 0.15) is 19.8 Å². The number of phosphoric acid groups is 1. The summed E-state index contributed by atoms with van der Waals surface area (Å²) >= 11 is 0. The third-order valence-corrected chi connectivity index (χ3v) is 14.4. The summed E-state index contributed by atoms with van der Waals surface area (Å²) in [5.74, 6) is -0.870. The largest absolute Gasteiger partial charge is 0.756 e. The van der Waals surface area contributed by atoms with Gasteiger partial charge in [0.2, 0.25) is 0 Å². The van der Waals surface area contributed by atoms with E-state index in [1.54, 1.807) is 0 Å². The molecular formula is C76H122NO8P. The molecule has 0 bridgehead atoms. The van der Waals surface area contributed by atoms with Crippen LogP contribution < -0.4 is 4.89 Å². The zero-order chi connectivity index (χ0) is 62.6. The van der Waals surface area contributed by atoms with Crippen molar-refractivity contribution in [2.45, 2.75) is 238 Å². The van der Waals surface area contributed by atoms with Crippen molar-refractivity contribution in [2.24, 2.45) is 0 Å². The maximum Gasteiger partial charge on any atom is 0.306 e. The summed E-state index contributed by atoms with van der Waals surface area (Å²) in [6, 6.07) is 0. The maximum absolute atomic E-state index is 12.9. The first-order valence-corrected chi connectivity index (χ1v) is 35.0. The number of hydrogen-bond donors (Lipinski definition) is 0. The fourth-order valence-electron chi connectivity index (χ4n) is 8.36. The van der Waals surface area contributed by atoms with Crippen molar-refractivity contribution in [2.75, 3.05) is 47.5 Å². The Kier molecular flexibility index (Phi) is 60.9. The number of unbranched alkanes of at least 4 members (excludes halogenated alkanes) is 15. The molecule has 0 radical (unpaired) electrons. The van der Waals surface area contributed by atoms with Gasteiger partial charge < -0.3 is 27.9 Å². The first kappa shape index (κ1) is 81.1. The van der Waals surface area contributed by atoms with Crippen LogP contribution in [0.2, 0.25) is 0 Å². The van der Waals surface area contributed by atoms with E-state index in [1.807, 2.05) is 21.1 Å². The quantitative estimate of drug-likeness (QED) is 0.0195. The Morgan fingerprint density at radius 2 is 0.628 bits per heavy atom. The lowest BCUT2D eigenvalue weighted by molar-refractivity contribution is -0.870. The van der Waals surface area contributed by atoms with Crippen LogP contribution in [0.3, 0.4) is 0 Å². The first-order chi connectivity index (χ1) is 42.0. The van der Waals surface area contributed by atoms with Gasteiger partial charge in [0.15, 0.2) is 6.10 Å². The number of rotatable bonds is 59. The average Bonchev–Trinajstić information content (AvgIpc) is 3.67. The number of ether oxygens (including phenoxy) is 2. The molecule has 0 saturated heterocycles. The number of quaternary nitrogens is 1. The predicted octanol–water partition coefficient (Wildman–Crippen LogP) is 21.3. The average molecular weight is 1210 g/mol. The summed E-state index contributed by atoms with van der Waals surface area (Å²) in [5, 5.41) is 0. The van der Waals surface area contributed by atoms with Crippen LogP contribution in [0.5, 0.6) is 0 Å². The molecule has 9 nitrogen and oxygen atoms in total.